The highest BCUT2D eigenvalue weighted by Crippen LogP contribution is 2.34. The predicted molar refractivity (Wildman–Crippen MR) is 108 cm³/mol. The number of nitrogens with one attached hydrogen (secondary N) is 2. The molecule has 1 heterocycles. The molecule has 0 saturated carbocycles. The minimum atomic E-state index is -0.288. The molecule has 0 spiro atoms. The number of ether oxygens (including phenoxy) is 3. The molecule has 0 aliphatic carbocycles. The van der Waals surface area contributed by atoms with Gasteiger partial charge >= 0.3 is 0 Å². The highest BCUT2D eigenvalue weighted by molar-refractivity contribution is 6.07. The summed E-state index contributed by atoms with van der Waals surface area (Å²) in [5.74, 6) is 1.32. The lowest BCUT2D eigenvalue weighted by atomic mass is 10.1. The maximum atomic E-state index is 12.5. The summed E-state index contributed by atoms with van der Waals surface area (Å²) in [6.45, 7) is 0.173. The number of carbonyl (C=O) groups excluding carboxylic acids is 2. The Hall–Kier alpha value is -4.00. The van der Waals surface area contributed by atoms with E-state index in [2.05, 4.69) is 10.6 Å². The van der Waals surface area contributed by atoms with Crippen LogP contribution < -0.4 is 24.8 Å². The molecule has 0 fully saturated rings. The Balaban J connectivity index is 1.41. The van der Waals surface area contributed by atoms with Crippen molar-refractivity contribution in [1.82, 2.24) is 0 Å². The van der Waals surface area contributed by atoms with Crippen LogP contribution in [-0.4, -0.2) is 25.7 Å². The van der Waals surface area contributed by atoms with Crippen molar-refractivity contribution in [2.24, 2.45) is 0 Å². The molecular formula is C22H18N2O5. The van der Waals surface area contributed by atoms with Gasteiger partial charge in [-0.15, -0.1) is 0 Å². The van der Waals surface area contributed by atoms with Gasteiger partial charge in [0.25, 0.3) is 11.8 Å². The molecule has 0 bridgehead atoms. The van der Waals surface area contributed by atoms with E-state index in [0.29, 0.717) is 39.8 Å². The summed E-state index contributed by atoms with van der Waals surface area (Å²) < 4.78 is 15.7. The number of carbonyl (C=O) groups is 2. The van der Waals surface area contributed by atoms with Crippen LogP contribution in [0, 0.1) is 0 Å². The van der Waals surface area contributed by atoms with Crippen LogP contribution in [0.25, 0.3) is 0 Å². The van der Waals surface area contributed by atoms with Gasteiger partial charge in [0.1, 0.15) is 5.75 Å². The van der Waals surface area contributed by atoms with Crippen molar-refractivity contribution >= 4 is 23.2 Å². The van der Waals surface area contributed by atoms with E-state index in [1.165, 1.54) is 0 Å². The van der Waals surface area contributed by atoms with Crippen molar-refractivity contribution in [2.45, 2.75) is 0 Å². The van der Waals surface area contributed by atoms with Gasteiger partial charge < -0.3 is 24.8 Å². The molecule has 1 aliphatic rings. The lowest BCUT2D eigenvalue weighted by Crippen LogP contribution is -2.14. The molecule has 3 aromatic carbocycles. The van der Waals surface area contributed by atoms with Crippen LogP contribution >= 0.6 is 0 Å². The Morgan fingerprint density at radius 3 is 2.07 bits per heavy atom. The molecule has 3 aromatic rings. The van der Waals surface area contributed by atoms with E-state index >= 15 is 0 Å². The molecule has 2 amide bonds. The number of hydrogen-bond donors (Lipinski definition) is 2. The molecule has 0 radical (unpaired) electrons. The molecule has 1 aliphatic heterocycles. The average Bonchev–Trinajstić information content (AvgIpc) is 3.22. The summed E-state index contributed by atoms with van der Waals surface area (Å²) in [5.41, 5.74) is 2.09. The van der Waals surface area contributed by atoms with Gasteiger partial charge in [0.2, 0.25) is 6.79 Å². The molecule has 2 N–H and O–H groups in total. The van der Waals surface area contributed by atoms with Gasteiger partial charge in [-0.3, -0.25) is 9.59 Å². The first-order valence-corrected chi connectivity index (χ1v) is 8.89. The first kappa shape index (κ1) is 18.4. The summed E-state index contributed by atoms with van der Waals surface area (Å²) in [7, 11) is 1.56. The van der Waals surface area contributed by atoms with Gasteiger partial charge in [0.15, 0.2) is 11.5 Å². The highest BCUT2D eigenvalue weighted by atomic mass is 16.7. The summed E-state index contributed by atoms with van der Waals surface area (Å²) in [6, 6.07) is 18.7. The normalized spacial score (nSPS) is 11.6. The third kappa shape index (κ3) is 4.14. The standard InChI is InChI=1S/C22H18N2O5/c1-27-18-4-2-3-16(11-18)23-21(25)14-5-7-15(8-6-14)22(26)24-17-9-10-19-20(12-17)29-13-28-19/h2-12H,13H2,1H3,(H,23,25)(H,24,26). The van der Waals surface area contributed by atoms with Crippen LogP contribution in [0.15, 0.2) is 66.7 Å². The first-order chi connectivity index (χ1) is 14.1. The van der Waals surface area contributed by atoms with Gasteiger partial charge in [-0.2, -0.15) is 0 Å². The van der Waals surface area contributed by atoms with Gasteiger partial charge in [-0.25, -0.2) is 0 Å². The molecule has 146 valence electrons. The van der Waals surface area contributed by atoms with Crippen LogP contribution in [0.1, 0.15) is 20.7 Å². The molecule has 0 atom stereocenters. The van der Waals surface area contributed by atoms with Crippen LogP contribution in [0.5, 0.6) is 17.2 Å². The largest absolute Gasteiger partial charge is 0.497 e. The molecule has 4 rings (SSSR count). The Morgan fingerprint density at radius 2 is 1.41 bits per heavy atom. The molecule has 0 saturated heterocycles. The van der Waals surface area contributed by atoms with Crippen LogP contribution in [0.3, 0.4) is 0 Å². The lowest BCUT2D eigenvalue weighted by molar-refractivity contribution is 0.101. The van der Waals surface area contributed by atoms with E-state index in [1.54, 1.807) is 73.8 Å². The molecule has 7 nitrogen and oxygen atoms in total. The fourth-order valence-corrected chi connectivity index (χ4v) is 2.85. The predicted octanol–water partition coefficient (Wildman–Crippen LogP) is 3.93. The fraction of sp³-hybridized carbons (Fsp3) is 0.0909. The SMILES string of the molecule is COc1cccc(NC(=O)c2ccc(C(=O)Nc3ccc4c(c3)OCO4)cc2)c1. The minimum absolute atomic E-state index is 0.173. The summed E-state index contributed by atoms with van der Waals surface area (Å²) >= 11 is 0. The minimum Gasteiger partial charge on any atom is -0.497 e. The number of hydrogen-bond acceptors (Lipinski definition) is 5. The van der Waals surface area contributed by atoms with E-state index in [-0.39, 0.29) is 18.6 Å². The Morgan fingerprint density at radius 1 is 0.793 bits per heavy atom. The van der Waals surface area contributed by atoms with E-state index in [4.69, 9.17) is 14.2 Å². The van der Waals surface area contributed by atoms with Crippen LogP contribution in [0.2, 0.25) is 0 Å². The third-order valence-corrected chi connectivity index (χ3v) is 4.37. The zero-order valence-corrected chi connectivity index (χ0v) is 15.6. The van der Waals surface area contributed by atoms with E-state index < -0.39 is 0 Å². The Labute approximate surface area is 167 Å². The maximum absolute atomic E-state index is 12.5. The van der Waals surface area contributed by atoms with Gasteiger partial charge in [-0.1, -0.05) is 6.07 Å². The van der Waals surface area contributed by atoms with Gasteiger partial charge in [0.05, 0.1) is 7.11 Å². The zero-order valence-electron chi connectivity index (χ0n) is 15.6. The van der Waals surface area contributed by atoms with Crippen molar-refractivity contribution < 1.29 is 23.8 Å². The van der Waals surface area contributed by atoms with Crippen molar-refractivity contribution in [1.29, 1.82) is 0 Å². The lowest BCUT2D eigenvalue weighted by Gasteiger charge is -2.09. The van der Waals surface area contributed by atoms with E-state index in [0.717, 1.165) is 0 Å². The number of benzene rings is 3. The second-order valence-corrected chi connectivity index (χ2v) is 6.29. The first-order valence-electron chi connectivity index (χ1n) is 8.89. The summed E-state index contributed by atoms with van der Waals surface area (Å²) in [5, 5.41) is 5.60. The van der Waals surface area contributed by atoms with E-state index in [1.807, 2.05) is 0 Å². The quantitative estimate of drug-likeness (QED) is 0.689. The van der Waals surface area contributed by atoms with Crippen LogP contribution in [0.4, 0.5) is 11.4 Å². The van der Waals surface area contributed by atoms with Gasteiger partial charge in [-0.05, 0) is 48.5 Å². The second-order valence-electron chi connectivity index (χ2n) is 6.29. The number of rotatable bonds is 5. The monoisotopic (exact) mass is 390 g/mol. The smallest absolute Gasteiger partial charge is 0.255 e. The Kier molecular flexibility index (Phi) is 5.03. The average molecular weight is 390 g/mol. The number of fused-ring (bicyclic) bond motifs is 1. The van der Waals surface area contributed by atoms with E-state index in [9.17, 15) is 9.59 Å². The maximum Gasteiger partial charge on any atom is 0.255 e. The Bertz CT molecular complexity index is 1060. The van der Waals surface area contributed by atoms with Crippen LogP contribution in [-0.2, 0) is 0 Å². The van der Waals surface area contributed by atoms with Crippen molar-refractivity contribution in [3.05, 3.63) is 77.9 Å². The molecule has 0 aromatic heterocycles. The highest BCUT2D eigenvalue weighted by Gasteiger charge is 2.15. The number of methoxy groups -OCH3 is 1. The molecular weight excluding hydrogens is 372 g/mol. The molecule has 0 unspecified atom stereocenters. The number of amides is 2. The fourth-order valence-electron chi connectivity index (χ4n) is 2.85. The van der Waals surface area contributed by atoms with Crippen molar-refractivity contribution in [3.8, 4) is 17.2 Å². The number of anilines is 2. The molecule has 7 heteroatoms. The third-order valence-electron chi connectivity index (χ3n) is 4.37. The second kappa shape index (κ2) is 7.93. The van der Waals surface area contributed by atoms with Crippen molar-refractivity contribution in [3.63, 3.8) is 0 Å². The van der Waals surface area contributed by atoms with Crippen molar-refractivity contribution in [2.75, 3.05) is 24.5 Å². The zero-order chi connectivity index (χ0) is 20.2. The molecule has 29 heavy (non-hydrogen) atoms. The van der Waals surface area contributed by atoms with Gasteiger partial charge in [0, 0.05) is 34.6 Å². The summed E-state index contributed by atoms with van der Waals surface area (Å²) in [6.07, 6.45) is 0. The summed E-state index contributed by atoms with van der Waals surface area (Å²) in [4.78, 5) is 24.9. The topological polar surface area (TPSA) is 85.9 Å².